The molecule has 0 radical (unpaired) electrons. The summed E-state index contributed by atoms with van der Waals surface area (Å²) in [5.41, 5.74) is 22.0. The van der Waals surface area contributed by atoms with Crippen molar-refractivity contribution in [2.24, 2.45) is 10.8 Å². The molecule has 60 heavy (non-hydrogen) atoms. The van der Waals surface area contributed by atoms with Crippen molar-refractivity contribution in [1.29, 1.82) is 0 Å². The van der Waals surface area contributed by atoms with Crippen molar-refractivity contribution >= 4 is 43.8 Å². The predicted octanol–water partition coefficient (Wildman–Crippen LogP) is 17.3. The topological polar surface area (TPSA) is 0 Å². The first-order valence-electron chi connectivity index (χ1n) is 23.6. The van der Waals surface area contributed by atoms with Crippen LogP contribution in [0.4, 0.5) is 0 Å². The Morgan fingerprint density at radius 2 is 0.850 bits per heavy atom. The summed E-state index contributed by atoms with van der Waals surface area (Å²) in [6.07, 6.45) is 27.6. The summed E-state index contributed by atoms with van der Waals surface area (Å²) in [6.45, 7) is 16.8. The van der Waals surface area contributed by atoms with Crippen molar-refractivity contribution in [3.63, 3.8) is 0 Å². The number of halogens is 2. The molecule has 4 aliphatic rings. The maximum atomic E-state index is 2.94. The average molecular weight is 939 g/mol. The van der Waals surface area contributed by atoms with E-state index in [0.717, 1.165) is 0 Å². The molecule has 8 rings (SSSR count). The number of benzene rings is 4. The molecule has 0 amide bonds. The summed E-state index contributed by atoms with van der Waals surface area (Å²) in [5.74, 6) is 0. The zero-order chi connectivity index (χ0) is 40.9. The molecule has 0 aliphatic heterocycles. The Hall–Kier alpha value is -1.96. The molecule has 0 bridgehead atoms. The fourth-order valence-corrected chi connectivity index (χ4v) is 33.2. The minimum atomic E-state index is -3.99. The molecule has 322 valence electrons. The molecule has 2 fully saturated rings. The van der Waals surface area contributed by atoms with Crippen LogP contribution in [0.1, 0.15) is 168 Å². The van der Waals surface area contributed by atoms with Crippen LogP contribution in [-0.4, -0.2) is 6.88 Å². The van der Waals surface area contributed by atoms with E-state index in [2.05, 4.69) is 143 Å². The van der Waals surface area contributed by atoms with E-state index in [1.807, 2.05) is 0 Å². The van der Waals surface area contributed by atoms with Gasteiger partial charge in [-0.1, -0.05) is 0 Å². The summed E-state index contributed by atoms with van der Waals surface area (Å²) in [7, 11) is 0. The second-order valence-electron chi connectivity index (χ2n) is 21.5. The minimum Gasteiger partial charge on any atom is -0.147 e. The standard InChI is InChI=1S/2C27H33.2CH3.2ClH.H2Si.Zr/c2*1-4-27(12-7-5-6-8-13-27)19-22-17-23-10-9-11-25(26(23)18-22)24-15-20(2)14-21(3)16-24;;;;;;/h2*9-11,14-18H,4-8,12-13,19H2,1-3H3;2*1H3;2*1H;1H2;. The van der Waals surface area contributed by atoms with Gasteiger partial charge >= 0.3 is 359 Å². The molecule has 0 spiro atoms. The van der Waals surface area contributed by atoms with Gasteiger partial charge in [0.2, 0.25) is 0 Å². The third-order valence-corrected chi connectivity index (χ3v) is 33.8. The van der Waals surface area contributed by atoms with Gasteiger partial charge in [0.05, 0.1) is 0 Å². The van der Waals surface area contributed by atoms with E-state index in [1.54, 1.807) is 33.4 Å². The average Bonchev–Trinajstić information content (AvgIpc) is 3.53. The summed E-state index contributed by atoms with van der Waals surface area (Å²) in [6, 6.07) is 29.4. The number of hydrogen-bond acceptors (Lipinski definition) is 0. The van der Waals surface area contributed by atoms with Crippen molar-refractivity contribution in [3.8, 4) is 22.3 Å². The summed E-state index contributed by atoms with van der Waals surface area (Å²) in [5, 5.41) is 0. The summed E-state index contributed by atoms with van der Waals surface area (Å²) >= 11 is -3.99. The van der Waals surface area contributed by atoms with E-state index in [-0.39, 0.29) is 24.8 Å². The van der Waals surface area contributed by atoms with Gasteiger partial charge in [-0.05, 0) is 0 Å². The third-order valence-electron chi connectivity index (χ3n) is 16.3. The first-order chi connectivity index (χ1) is 27.7. The van der Waals surface area contributed by atoms with E-state index in [0.29, 0.717) is 18.1 Å². The van der Waals surface area contributed by atoms with Gasteiger partial charge in [-0.2, -0.15) is 0 Å². The number of aryl methyl sites for hydroxylation is 4. The maximum absolute atomic E-state index is 3.99. The molecule has 2 unspecified atom stereocenters. The van der Waals surface area contributed by atoms with Gasteiger partial charge in [0.1, 0.15) is 0 Å². The van der Waals surface area contributed by atoms with Crippen LogP contribution in [0.15, 0.2) is 83.9 Å². The zero-order valence-electron chi connectivity index (χ0n) is 38.6. The molecule has 2 atom stereocenters. The molecular weight excluding hydrogens is 863 g/mol. The quantitative estimate of drug-likeness (QED) is 0.110. The van der Waals surface area contributed by atoms with Crippen LogP contribution in [0.3, 0.4) is 0 Å². The summed E-state index contributed by atoms with van der Waals surface area (Å²) < 4.78 is 6.93. The van der Waals surface area contributed by atoms with Crippen molar-refractivity contribution in [2.45, 2.75) is 161 Å². The minimum absolute atomic E-state index is 0. The molecule has 0 aromatic heterocycles. The fraction of sp³-hybridized carbons (Fsp3) is 0.500. The molecule has 0 heterocycles. The Morgan fingerprint density at radius 3 is 1.17 bits per heavy atom. The molecule has 4 heteroatoms. The third kappa shape index (κ3) is 9.17. The van der Waals surface area contributed by atoms with Crippen LogP contribution >= 0.6 is 24.8 Å². The van der Waals surface area contributed by atoms with Crippen molar-refractivity contribution in [3.05, 3.63) is 128 Å². The fourth-order valence-electron chi connectivity index (χ4n) is 13.5. The number of hydrogen-bond donors (Lipinski definition) is 0. The van der Waals surface area contributed by atoms with E-state index in [4.69, 9.17) is 0 Å². The van der Waals surface area contributed by atoms with Crippen LogP contribution in [0.25, 0.3) is 34.4 Å². The van der Waals surface area contributed by atoms with Crippen molar-refractivity contribution in [1.82, 2.24) is 0 Å². The number of rotatable bonds is 10. The van der Waals surface area contributed by atoms with Gasteiger partial charge < -0.3 is 0 Å². The Balaban J connectivity index is 0.00000302. The van der Waals surface area contributed by atoms with Gasteiger partial charge in [0.25, 0.3) is 0 Å². The van der Waals surface area contributed by atoms with Gasteiger partial charge in [-0.3, -0.25) is 0 Å². The largest absolute Gasteiger partial charge is 0.147 e. The first kappa shape index (κ1) is 47.5. The zero-order valence-corrected chi connectivity index (χ0v) is 44.1. The van der Waals surface area contributed by atoms with E-state index in [9.17, 15) is 0 Å². The first-order valence-corrected chi connectivity index (χ1v) is 37.3. The second kappa shape index (κ2) is 18.6. The van der Waals surface area contributed by atoms with Crippen molar-refractivity contribution in [2.75, 3.05) is 0 Å². The Kier molecular flexibility index (Phi) is 14.8. The van der Waals surface area contributed by atoms with Crippen LogP contribution in [0.2, 0.25) is 9.26 Å². The molecule has 0 saturated heterocycles. The summed E-state index contributed by atoms with van der Waals surface area (Å²) in [4.78, 5) is 0. The van der Waals surface area contributed by atoms with Gasteiger partial charge in [0, 0.05) is 0 Å². The monoisotopic (exact) mass is 936 g/mol. The van der Waals surface area contributed by atoms with Crippen LogP contribution in [0, 0.1) is 38.5 Å². The predicted molar refractivity (Wildman–Crippen MR) is 269 cm³/mol. The van der Waals surface area contributed by atoms with Crippen LogP contribution in [0.5, 0.6) is 0 Å². The Labute approximate surface area is 380 Å². The Morgan fingerprint density at radius 1 is 0.517 bits per heavy atom. The maximum Gasteiger partial charge on any atom is -0.147 e. The van der Waals surface area contributed by atoms with Crippen LogP contribution in [-0.2, 0) is 17.4 Å². The molecule has 2 saturated carbocycles. The van der Waals surface area contributed by atoms with E-state index >= 15 is 0 Å². The SMILES string of the molecule is CCC1(CC2=Cc3c(-c4cc(C)cc(C)c4)cccc3[CH]2[Zr]([CH3])([CH3])(=[SiH2])[CH]2C(CC3(CC)CCCCCC3)=Cc3c(-c4cc(C)cc(C)c4)cccc32)CCCCCC1.Cl.Cl. The number of allylic oxidation sites excluding steroid dienone is 2. The molecule has 4 aromatic rings. The normalized spacial score (nSPS) is 21.0. The van der Waals surface area contributed by atoms with Gasteiger partial charge in [-0.25, -0.2) is 0 Å². The van der Waals surface area contributed by atoms with Crippen molar-refractivity contribution < 1.29 is 17.4 Å². The second-order valence-corrected chi connectivity index (χ2v) is 52.0. The number of fused-ring (bicyclic) bond motifs is 2. The molecule has 0 nitrogen and oxygen atoms in total. The molecular formula is C56H76Cl2SiZr. The molecule has 4 aromatic carbocycles. The molecule has 4 aliphatic carbocycles. The Bertz CT molecular complexity index is 2120. The van der Waals surface area contributed by atoms with Crippen LogP contribution < -0.4 is 0 Å². The smallest absolute Gasteiger partial charge is 0.147 e. The van der Waals surface area contributed by atoms with Gasteiger partial charge in [0.15, 0.2) is 0 Å². The van der Waals surface area contributed by atoms with E-state index in [1.165, 1.54) is 147 Å². The van der Waals surface area contributed by atoms with Gasteiger partial charge in [-0.15, -0.1) is 24.8 Å². The molecule has 0 N–H and O–H groups in total. The van der Waals surface area contributed by atoms with E-state index < -0.39 is 17.4 Å².